The molecule has 19 heteroatoms. The van der Waals surface area contributed by atoms with Crippen LogP contribution in [0, 0.1) is 11.8 Å². The number of unbranched alkanes of at least 4 members (excludes halogenated alkanes) is 38. The van der Waals surface area contributed by atoms with Gasteiger partial charge in [0.05, 0.1) is 26.4 Å². The number of phosphoric acid groups is 2. The molecular weight excluding hydrogens is 1170 g/mol. The van der Waals surface area contributed by atoms with Crippen molar-refractivity contribution in [3.63, 3.8) is 0 Å². The Morgan fingerprint density at radius 1 is 0.326 bits per heavy atom. The summed E-state index contributed by atoms with van der Waals surface area (Å²) in [5, 5.41) is 10.6. The molecule has 0 spiro atoms. The van der Waals surface area contributed by atoms with Crippen LogP contribution in [0.15, 0.2) is 0 Å². The lowest BCUT2D eigenvalue weighted by Gasteiger charge is -2.21. The molecule has 0 aliphatic rings. The quantitative estimate of drug-likeness (QED) is 0.0222. The fourth-order valence-corrected chi connectivity index (χ4v) is 12.1. The van der Waals surface area contributed by atoms with Gasteiger partial charge in [-0.05, 0) is 37.5 Å². The average molecular weight is 1310 g/mol. The van der Waals surface area contributed by atoms with E-state index in [2.05, 4.69) is 41.5 Å². The molecular formula is C70H136O17P2. The number of hydrogen-bond acceptors (Lipinski definition) is 15. The third-order valence-corrected chi connectivity index (χ3v) is 18.5. The van der Waals surface area contributed by atoms with Gasteiger partial charge < -0.3 is 33.8 Å². The molecule has 0 aliphatic heterocycles. The number of hydrogen-bond donors (Lipinski definition) is 3. The van der Waals surface area contributed by atoms with E-state index in [1.54, 1.807) is 0 Å². The second-order valence-corrected chi connectivity index (χ2v) is 28.9. The Labute approximate surface area is 543 Å². The van der Waals surface area contributed by atoms with Crippen LogP contribution in [0.25, 0.3) is 0 Å². The van der Waals surface area contributed by atoms with Crippen LogP contribution in [0.1, 0.15) is 356 Å². The van der Waals surface area contributed by atoms with Gasteiger partial charge in [-0.1, -0.05) is 305 Å². The van der Waals surface area contributed by atoms with E-state index in [9.17, 15) is 43.2 Å². The van der Waals surface area contributed by atoms with Crippen molar-refractivity contribution in [1.29, 1.82) is 0 Å². The minimum Gasteiger partial charge on any atom is -0.462 e. The van der Waals surface area contributed by atoms with E-state index < -0.39 is 97.5 Å². The lowest BCUT2D eigenvalue weighted by Crippen LogP contribution is -2.30. The Balaban J connectivity index is 5.13. The van der Waals surface area contributed by atoms with Gasteiger partial charge in [-0.2, -0.15) is 0 Å². The molecule has 0 saturated carbocycles. The van der Waals surface area contributed by atoms with Crippen LogP contribution in [0.2, 0.25) is 0 Å². The number of phosphoric ester groups is 2. The van der Waals surface area contributed by atoms with Crippen LogP contribution in [-0.2, 0) is 65.4 Å². The highest BCUT2D eigenvalue weighted by atomic mass is 31.2. The van der Waals surface area contributed by atoms with Gasteiger partial charge in [-0.15, -0.1) is 0 Å². The summed E-state index contributed by atoms with van der Waals surface area (Å²) in [6.45, 7) is 9.52. The van der Waals surface area contributed by atoms with Gasteiger partial charge in [0.1, 0.15) is 19.3 Å². The van der Waals surface area contributed by atoms with Gasteiger partial charge in [0.15, 0.2) is 12.2 Å². The van der Waals surface area contributed by atoms with E-state index in [1.807, 2.05) is 0 Å². The standard InChI is InChI=1S/C70H136O17P2/c1-7-10-12-14-16-27-36-42-48-54-69(74)86-65(58-80-67(72)52-46-40-32-15-13-11-8-2)60-84-88(76,77)82-56-64(71)57-83-89(78,79)85-61-66(59-81-68(73)53-47-41-35-31-30-34-39-45-51-63(6)9-3)87-70(75)55-49-43-37-29-26-24-22-20-18-17-19-21-23-25-28-33-38-44-50-62(4)5/h62-66,71H,7-61H2,1-6H3,(H,76,77)(H,78,79)/t63?,64-,65+,66+/m0/s1. The van der Waals surface area contributed by atoms with Crippen LogP contribution >= 0.6 is 15.6 Å². The summed E-state index contributed by atoms with van der Waals surface area (Å²) in [5.74, 6) is -0.533. The molecule has 0 bridgehead atoms. The second kappa shape index (κ2) is 62.2. The molecule has 0 aliphatic carbocycles. The van der Waals surface area contributed by atoms with Gasteiger partial charge in [-0.3, -0.25) is 37.3 Å². The van der Waals surface area contributed by atoms with E-state index in [0.717, 1.165) is 115 Å². The number of aliphatic hydroxyl groups is 1. The topological polar surface area (TPSA) is 237 Å². The van der Waals surface area contributed by atoms with Crippen LogP contribution in [0.3, 0.4) is 0 Å². The summed E-state index contributed by atoms with van der Waals surface area (Å²) in [6.07, 6.45) is 47.4. The highest BCUT2D eigenvalue weighted by molar-refractivity contribution is 7.47. The molecule has 0 saturated heterocycles. The van der Waals surface area contributed by atoms with Gasteiger partial charge in [0, 0.05) is 25.7 Å². The monoisotopic (exact) mass is 1310 g/mol. The summed E-state index contributed by atoms with van der Waals surface area (Å²) < 4.78 is 68.1. The van der Waals surface area contributed by atoms with E-state index in [0.29, 0.717) is 25.7 Å². The van der Waals surface area contributed by atoms with Crippen molar-refractivity contribution in [3.8, 4) is 0 Å². The van der Waals surface area contributed by atoms with Gasteiger partial charge in [-0.25, -0.2) is 9.13 Å². The number of carbonyl (C=O) groups is 4. The van der Waals surface area contributed by atoms with Crippen LogP contribution in [0.5, 0.6) is 0 Å². The molecule has 17 nitrogen and oxygen atoms in total. The molecule has 0 aromatic rings. The second-order valence-electron chi connectivity index (χ2n) is 26.0. The van der Waals surface area contributed by atoms with E-state index in [4.69, 9.17) is 37.0 Å². The molecule has 0 aromatic heterocycles. The zero-order chi connectivity index (χ0) is 65.7. The minimum atomic E-state index is -4.95. The largest absolute Gasteiger partial charge is 0.472 e. The maximum absolute atomic E-state index is 13.0. The van der Waals surface area contributed by atoms with E-state index in [-0.39, 0.29) is 25.7 Å². The Morgan fingerprint density at radius 3 is 0.854 bits per heavy atom. The fraction of sp³-hybridized carbons (Fsp3) is 0.943. The first kappa shape index (κ1) is 87.1. The van der Waals surface area contributed by atoms with Crippen molar-refractivity contribution in [2.45, 2.75) is 374 Å². The molecule has 528 valence electrons. The molecule has 0 amide bonds. The van der Waals surface area contributed by atoms with Crippen LogP contribution < -0.4 is 0 Å². The first-order chi connectivity index (χ1) is 42.9. The van der Waals surface area contributed by atoms with Crippen molar-refractivity contribution in [3.05, 3.63) is 0 Å². The summed E-state index contributed by atoms with van der Waals surface area (Å²) in [4.78, 5) is 72.3. The molecule has 0 aromatic carbocycles. The third kappa shape index (κ3) is 63.2. The van der Waals surface area contributed by atoms with Crippen molar-refractivity contribution < 1.29 is 80.2 Å². The predicted molar refractivity (Wildman–Crippen MR) is 358 cm³/mol. The highest BCUT2D eigenvalue weighted by Gasteiger charge is 2.30. The Hall–Kier alpha value is -1.94. The fourth-order valence-electron chi connectivity index (χ4n) is 10.6. The number of esters is 4. The van der Waals surface area contributed by atoms with E-state index >= 15 is 0 Å². The molecule has 0 radical (unpaired) electrons. The third-order valence-electron chi connectivity index (χ3n) is 16.6. The van der Waals surface area contributed by atoms with Crippen LogP contribution in [0.4, 0.5) is 0 Å². The molecule has 3 N–H and O–H groups in total. The number of rotatable bonds is 69. The molecule has 6 atom stereocenters. The lowest BCUT2D eigenvalue weighted by atomic mass is 9.99. The minimum absolute atomic E-state index is 0.105. The molecule has 0 heterocycles. The van der Waals surface area contributed by atoms with Crippen LogP contribution in [-0.4, -0.2) is 96.7 Å². The lowest BCUT2D eigenvalue weighted by molar-refractivity contribution is -0.161. The Kier molecular flexibility index (Phi) is 60.8. The summed E-state index contributed by atoms with van der Waals surface area (Å²) in [5.41, 5.74) is 0. The zero-order valence-corrected chi connectivity index (χ0v) is 59.5. The Bertz CT molecular complexity index is 1740. The maximum Gasteiger partial charge on any atom is 0.472 e. The smallest absolute Gasteiger partial charge is 0.462 e. The summed E-state index contributed by atoms with van der Waals surface area (Å²) in [7, 11) is -9.89. The van der Waals surface area contributed by atoms with Crippen molar-refractivity contribution >= 4 is 39.5 Å². The van der Waals surface area contributed by atoms with Crippen molar-refractivity contribution in [2.75, 3.05) is 39.6 Å². The number of aliphatic hydroxyl groups excluding tert-OH is 1. The SMILES string of the molecule is CCCCCCCCCCCC(=O)O[C@H](COC(=O)CCCCCCCCC)COP(=O)(O)OC[C@H](O)COP(=O)(O)OC[C@@H](COC(=O)CCCCCCCCCCC(C)CC)OC(=O)CCCCCCCCCCCCCCCCCCCCC(C)C. The summed E-state index contributed by atoms with van der Waals surface area (Å²) in [6, 6.07) is 0. The normalized spacial score (nSPS) is 14.4. The number of carbonyl (C=O) groups excluding carboxylic acids is 4. The van der Waals surface area contributed by atoms with Gasteiger partial charge >= 0.3 is 39.5 Å². The zero-order valence-electron chi connectivity index (χ0n) is 57.7. The van der Waals surface area contributed by atoms with E-state index in [1.165, 1.54) is 161 Å². The first-order valence-electron chi connectivity index (χ1n) is 36.5. The first-order valence-corrected chi connectivity index (χ1v) is 39.5. The Morgan fingerprint density at radius 2 is 0.573 bits per heavy atom. The molecule has 0 fully saturated rings. The van der Waals surface area contributed by atoms with Gasteiger partial charge in [0.25, 0.3) is 0 Å². The average Bonchev–Trinajstić information content (AvgIpc) is 3.72. The highest BCUT2D eigenvalue weighted by Crippen LogP contribution is 2.45. The van der Waals surface area contributed by atoms with Crippen molar-refractivity contribution in [2.24, 2.45) is 11.8 Å². The predicted octanol–water partition coefficient (Wildman–Crippen LogP) is 20.0. The summed E-state index contributed by atoms with van der Waals surface area (Å²) >= 11 is 0. The molecule has 89 heavy (non-hydrogen) atoms. The molecule has 0 rings (SSSR count). The van der Waals surface area contributed by atoms with Gasteiger partial charge in [0.2, 0.25) is 0 Å². The van der Waals surface area contributed by atoms with Crippen molar-refractivity contribution in [1.82, 2.24) is 0 Å². The number of ether oxygens (including phenoxy) is 4. The maximum atomic E-state index is 13.0. The molecule has 3 unspecified atom stereocenters.